The van der Waals surface area contributed by atoms with Gasteiger partial charge in [-0.1, -0.05) is 43.3 Å². The average molecular weight is 524 g/mol. The molecule has 3 N–H and O–H groups in total. The molecule has 0 unspecified atom stereocenters. The molecule has 2 aliphatic rings. The normalized spacial score (nSPS) is 23.8. The van der Waals surface area contributed by atoms with Crippen molar-refractivity contribution in [3.05, 3.63) is 52.9 Å². The number of carbonyl (C=O) groups excluding carboxylic acids is 2. The van der Waals surface area contributed by atoms with Gasteiger partial charge in [-0.05, 0) is 25.0 Å². The van der Waals surface area contributed by atoms with E-state index in [0.717, 1.165) is 27.4 Å². The van der Waals surface area contributed by atoms with Crippen LogP contribution in [0.25, 0.3) is 10.4 Å². The number of aromatic nitrogens is 4. The highest BCUT2D eigenvalue weighted by Crippen LogP contribution is 2.36. The van der Waals surface area contributed by atoms with Crippen LogP contribution < -0.4 is 10.6 Å². The van der Waals surface area contributed by atoms with Gasteiger partial charge in [0.25, 0.3) is 0 Å². The molecule has 10 nitrogen and oxygen atoms in total. The summed E-state index contributed by atoms with van der Waals surface area (Å²) in [6.45, 7) is 9.19. The molecule has 196 valence electrons. The zero-order valence-corrected chi connectivity index (χ0v) is 22.3. The van der Waals surface area contributed by atoms with E-state index < -0.39 is 23.6 Å². The molecular weight excluding hydrogens is 490 g/mol. The van der Waals surface area contributed by atoms with Gasteiger partial charge in [0.2, 0.25) is 11.8 Å². The summed E-state index contributed by atoms with van der Waals surface area (Å²) >= 11 is 1.60. The predicted molar refractivity (Wildman–Crippen MR) is 140 cm³/mol. The summed E-state index contributed by atoms with van der Waals surface area (Å²) in [4.78, 5) is 34.3. The van der Waals surface area contributed by atoms with Gasteiger partial charge >= 0.3 is 0 Å². The van der Waals surface area contributed by atoms with Crippen molar-refractivity contribution in [2.24, 2.45) is 5.41 Å². The van der Waals surface area contributed by atoms with Crippen LogP contribution >= 0.6 is 11.3 Å². The lowest BCUT2D eigenvalue weighted by Gasteiger charge is -2.36. The molecule has 2 aromatic heterocycles. The van der Waals surface area contributed by atoms with E-state index in [1.165, 1.54) is 4.90 Å². The van der Waals surface area contributed by atoms with Gasteiger partial charge < -0.3 is 20.6 Å². The Morgan fingerprint density at radius 3 is 2.73 bits per heavy atom. The SMILES string of the molecule is Cc1ncsc1-c1ccc([C@H](C)NC(=O)[C@@H]2C[C@@H](O)CN2C(=O)[C@H]2n3nncc3CNCC2(C)C)cc1. The second kappa shape index (κ2) is 9.96. The fourth-order valence-corrected chi connectivity index (χ4v) is 6.16. The number of aliphatic hydroxyl groups excluding tert-OH is 1. The lowest BCUT2D eigenvalue weighted by molar-refractivity contribution is -0.144. The summed E-state index contributed by atoms with van der Waals surface area (Å²) in [5.41, 5.74) is 5.21. The molecule has 2 amide bonds. The number of aliphatic hydroxyl groups is 1. The molecule has 5 rings (SSSR count). The molecule has 0 saturated carbocycles. The number of β-amino-alcohol motifs (C(OH)–C–C–N with tert-alkyl or cyclic N) is 1. The number of hydrogen-bond acceptors (Lipinski definition) is 8. The number of carbonyl (C=O) groups is 2. The molecule has 4 heterocycles. The van der Waals surface area contributed by atoms with Gasteiger partial charge in [-0.15, -0.1) is 16.4 Å². The molecule has 11 heteroatoms. The lowest BCUT2D eigenvalue weighted by Crippen LogP contribution is -2.51. The lowest BCUT2D eigenvalue weighted by atomic mass is 9.83. The quantitative estimate of drug-likeness (QED) is 0.468. The van der Waals surface area contributed by atoms with Crippen molar-refractivity contribution in [3.8, 4) is 10.4 Å². The Morgan fingerprint density at radius 1 is 1.27 bits per heavy atom. The zero-order valence-electron chi connectivity index (χ0n) is 21.5. The number of rotatable bonds is 5. The molecule has 0 radical (unpaired) electrons. The molecule has 3 aromatic rings. The van der Waals surface area contributed by atoms with Gasteiger partial charge in [-0.25, -0.2) is 9.67 Å². The molecule has 2 aliphatic heterocycles. The van der Waals surface area contributed by atoms with Gasteiger partial charge in [0, 0.05) is 31.5 Å². The summed E-state index contributed by atoms with van der Waals surface area (Å²) < 4.78 is 1.66. The minimum absolute atomic E-state index is 0.109. The Morgan fingerprint density at radius 2 is 2.03 bits per heavy atom. The van der Waals surface area contributed by atoms with Crippen LogP contribution in [0.15, 0.2) is 36.0 Å². The maximum atomic E-state index is 13.9. The second-order valence-electron chi connectivity index (χ2n) is 10.7. The fraction of sp³-hybridized carbons (Fsp3) is 0.500. The summed E-state index contributed by atoms with van der Waals surface area (Å²) in [6, 6.07) is 6.40. The van der Waals surface area contributed by atoms with Crippen molar-refractivity contribution >= 4 is 23.2 Å². The summed E-state index contributed by atoms with van der Waals surface area (Å²) in [7, 11) is 0. The Bertz CT molecular complexity index is 1290. The molecule has 0 aliphatic carbocycles. The number of likely N-dealkylation sites (tertiary alicyclic amines) is 1. The molecular formula is C26H33N7O3S. The standard InChI is InChI=1S/C26H33N7O3S/c1-15(17-5-7-18(8-6-17)22-16(2)28-14-37-22)30-24(35)21-9-20(34)12-32(21)25(36)23-26(3,4)13-27-10-19-11-29-31-33(19)23/h5-8,11,14-15,20-21,23,27,34H,9-10,12-13H2,1-4H3,(H,30,35)/t15-,20+,21-,23+/m0/s1. The molecule has 1 saturated heterocycles. The van der Waals surface area contributed by atoms with Crippen molar-refractivity contribution in [1.29, 1.82) is 0 Å². The summed E-state index contributed by atoms with van der Waals surface area (Å²) in [6.07, 6.45) is 1.09. The van der Waals surface area contributed by atoms with Gasteiger partial charge in [0.15, 0.2) is 0 Å². The maximum Gasteiger partial charge on any atom is 0.248 e. The number of nitrogens with one attached hydrogen (secondary N) is 2. The Balaban J connectivity index is 1.33. The van der Waals surface area contributed by atoms with Crippen LogP contribution in [0.4, 0.5) is 0 Å². The Kier molecular flexibility index (Phi) is 6.86. The van der Waals surface area contributed by atoms with E-state index in [0.29, 0.717) is 13.1 Å². The van der Waals surface area contributed by atoms with E-state index in [1.807, 2.05) is 57.5 Å². The topological polar surface area (TPSA) is 125 Å². The Hall–Kier alpha value is -3.15. The predicted octanol–water partition coefficient (Wildman–Crippen LogP) is 2.22. The van der Waals surface area contributed by atoms with Crippen LogP contribution in [0, 0.1) is 12.3 Å². The smallest absolute Gasteiger partial charge is 0.248 e. The minimum atomic E-state index is -0.765. The van der Waals surface area contributed by atoms with Gasteiger partial charge in [0.1, 0.15) is 12.1 Å². The minimum Gasteiger partial charge on any atom is -0.391 e. The van der Waals surface area contributed by atoms with Crippen molar-refractivity contribution in [3.63, 3.8) is 0 Å². The van der Waals surface area contributed by atoms with Crippen LogP contribution in [0.3, 0.4) is 0 Å². The summed E-state index contributed by atoms with van der Waals surface area (Å²) in [5, 5.41) is 25.1. The monoisotopic (exact) mass is 523 g/mol. The first kappa shape index (κ1) is 25.5. The van der Waals surface area contributed by atoms with E-state index in [-0.39, 0.29) is 30.8 Å². The van der Waals surface area contributed by atoms with E-state index in [2.05, 4.69) is 25.9 Å². The van der Waals surface area contributed by atoms with E-state index in [4.69, 9.17) is 0 Å². The van der Waals surface area contributed by atoms with Crippen LogP contribution in [0.2, 0.25) is 0 Å². The number of aryl methyl sites for hydroxylation is 1. The highest BCUT2D eigenvalue weighted by Gasteiger charge is 2.47. The third-order valence-corrected chi connectivity index (χ3v) is 8.37. The van der Waals surface area contributed by atoms with Crippen LogP contribution in [-0.2, 0) is 16.1 Å². The van der Waals surface area contributed by atoms with Crippen molar-refractivity contribution < 1.29 is 14.7 Å². The van der Waals surface area contributed by atoms with Gasteiger partial charge in [0.05, 0.1) is 40.1 Å². The Labute approximate surface area is 220 Å². The van der Waals surface area contributed by atoms with Gasteiger partial charge in [-0.3, -0.25) is 9.59 Å². The van der Waals surface area contributed by atoms with Crippen molar-refractivity contribution in [2.75, 3.05) is 13.1 Å². The number of thiazole rings is 1. The highest BCUT2D eigenvalue weighted by atomic mass is 32.1. The van der Waals surface area contributed by atoms with Crippen molar-refractivity contribution in [1.82, 2.24) is 35.5 Å². The molecule has 4 atom stereocenters. The zero-order chi connectivity index (χ0) is 26.3. The molecule has 1 fully saturated rings. The largest absolute Gasteiger partial charge is 0.391 e. The fourth-order valence-electron chi connectivity index (χ4n) is 5.35. The van der Waals surface area contributed by atoms with Crippen LogP contribution in [-0.4, -0.2) is 67.0 Å². The van der Waals surface area contributed by atoms with Gasteiger partial charge in [-0.2, -0.15) is 0 Å². The van der Waals surface area contributed by atoms with E-state index in [1.54, 1.807) is 22.2 Å². The van der Waals surface area contributed by atoms with Crippen LogP contribution in [0.1, 0.15) is 56.2 Å². The third kappa shape index (κ3) is 4.90. The number of nitrogens with zero attached hydrogens (tertiary/aromatic N) is 5. The van der Waals surface area contributed by atoms with E-state index >= 15 is 0 Å². The first-order valence-electron chi connectivity index (χ1n) is 12.5. The van der Waals surface area contributed by atoms with Crippen molar-refractivity contribution in [2.45, 2.75) is 64.9 Å². The van der Waals surface area contributed by atoms with E-state index in [9.17, 15) is 14.7 Å². The molecule has 0 bridgehead atoms. The highest BCUT2D eigenvalue weighted by molar-refractivity contribution is 7.13. The molecule has 37 heavy (non-hydrogen) atoms. The number of fused-ring (bicyclic) bond motifs is 1. The number of hydrogen-bond donors (Lipinski definition) is 3. The first-order chi connectivity index (χ1) is 17.7. The number of benzene rings is 1. The molecule has 0 spiro atoms. The first-order valence-corrected chi connectivity index (χ1v) is 13.4. The third-order valence-electron chi connectivity index (χ3n) is 7.40. The second-order valence-corrected chi connectivity index (χ2v) is 11.5. The average Bonchev–Trinajstić information content (AvgIpc) is 3.57. The molecule has 1 aromatic carbocycles. The number of amides is 2. The maximum absolute atomic E-state index is 13.9. The summed E-state index contributed by atoms with van der Waals surface area (Å²) in [5.74, 6) is -0.503. The van der Waals surface area contributed by atoms with Crippen LogP contribution in [0.5, 0.6) is 0 Å².